The molecule has 2 N–H and O–H groups in total. The first kappa shape index (κ1) is 18.4. The Bertz CT molecular complexity index is 734. The number of esters is 1. The van der Waals surface area contributed by atoms with Crippen LogP contribution in [0.5, 0.6) is 0 Å². The van der Waals surface area contributed by atoms with E-state index in [2.05, 4.69) is 4.72 Å². The predicted octanol–water partition coefficient (Wildman–Crippen LogP) is 1.28. The van der Waals surface area contributed by atoms with Gasteiger partial charge in [-0.3, -0.25) is 9.59 Å². The third kappa shape index (κ3) is 3.44. The molecule has 0 spiro atoms. The number of carbonyl (C=O) groups excluding carboxylic acids is 1. The highest BCUT2D eigenvalue weighted by molar-refractivity contribution is 7.89. The van der Waals surface area contributed by atoms with E-state index in [1.807, 2.05) is 0 Å². The molecule has 0 bridgehead atoms. The molecule has 1 atom stereocenters. The number of rotatable bonds is 7. The fourth-order valence-electron chi connectivity index (χ4n) is 2.59. The van der Waals surface area contributed by atoms with Gasteiger partial charge < -0.3 is 9.84 Å². The van der Waals surface area contributed by atoms with E-state index < -0.39 is 33.4 Å². The van der Waals surface area contributed by atoms with Crippen molar-refractivity contribution in [1.82, 2.24) is 4.72 Å². The van der Waals surface area contributed by atoms with Crippen molar-refractivity contribution in [2.24, 2.45) is 5.92 Å². The minimum Gasteiger partial charge on any atom is -0.480 e. The smallest absolute Gasteiger partial charge is 0.322 e. The van der Waals surface area contributed by atoms with Crippen LogP contribution < -0.4 is 4.72 Å². The second-order valence-corrected chi connectivity index (χ2v) is 7.99. The molecule has 132 valence electrons. The first-order valence-electron chi connectivity index (χ1n) is 7.58. The number of sulfonamides is 1. The van der Waals surface area contributed by atoms with Crippen molar-refractivity contribution in [1.29, 1.82) is 0 Å². The fourth-order valence-corrected chi connectivity index (χ4v) is 3.93. The van der Waals surface area contributed by atoms with E-state index in [0.717, 1.165) is 0 Å². The summed E-state index contributed by atoms with van der Waals surface area (Å²) >= 11 is 0. The van der Waals surface area contributed by atoms with Gasteiger partial charge in [0.2, 0.25) is 10.0 Å². The van der Waals surface area contributed by atoms with E-state index in [9.17, 15) is 18.0 Å². The minimum atomic E-state index is -3.96. The number of carboxylic acid groups (broad SMARTS) is 1. The molecular formula is C16H21NO6S. The number of ether oxygens (including phenoxy) is 1. The Balaban J connectivity index is 2.24. The number of carboxylic acids is 1. The molecule has 8 heteroatoms. The quantitative estimate of drug-likeness (QED) is 0.713. The zero-order chi connectivity index (χ0) is 18.1. The number of methoxy groups -OCH3 is 1. The molecule has 0 aromatic heterocycles. The van der Waals surface area contributed by atoms with Crippen LogP contribution in [0.3, 0.4) is 0 Å². The molecule has 1 aliphatic carbocycles. The summed E-state index contributed by atoms with van der Waals surface area (Å²) in [6.45, 7) is 3.25. The van der Waals surface area contributed by atoms with Gasteiger partial charge in [0.05, 0.1) is 17.4 Å². The van der Waals surface area contributed by atoms with Gasteiger partial charge in [0.1, 0.15) is 6.04 Å². The maximum atomic E-state index is 12.4. The van der Waals surface area contributed by atoms with Gasteiger partial charge in [0.25, 0.3) is 0 Å². The van der Waals surface area contributed by atoms with Gasteiger partial charge in [0.15, 0.2) is 0 Å². The molecule has 0 aliphatic heterocycles. The zero-order valence-electron chi connectivity index (χ0n) is 13.8. The molecule has 0 amide bonds. The Hall–Kier alpha value is -1.93. The van der Waals surface area contributed by atoms with Crippen molar-refractivity contribution < 1.29 is 27.9 Å². The van der Waals surface area contributed by atoms with E-state index >= 15 is 0 Å². The molecule has 0 saturated heterocycles. The Labute approximate surface area is 141 Å². The summed E-state index contributed by atoms with van der Waals surface area (Å²) < 4.78 is 31.7. The molecule has 1 unspecified atom stereocenters. The fraction of sp³-hybridized carbons (Fsp3) is 0.500. The lowest BCUT2D eigenvalue weighted by Gasteiger charge is -2.18. The molecule has 0 heterocycles. The van der Waals surface area contributed by atoms with Crippen LogP contribution in [0.15, 0.2) is 29.2 Å². The number of nitrogens with one attached hydrogen (secondary N) is 1. The van der Waals surface area contributed by atoms with Gasteiger partial charge >= 0.3 is 11.9 Å². The number of carbonyl (C=O) groups is 2. The van der Waals surface area contributed by atoms with E-state index in [4.69, 9.17) is 9.84 Å². The average Bonchev–Trinajstić information content (AvgIpc) is 3.33. The summed E-state index contributed by atoms with van der Waals surface area (Å²) in [6, 6.07) is 4.69. The van der Waals surface area contributed by atoms with Crippen molar-refractivity contribution in [3.8, 4) is 0 Å². The van der Waals surface area contributed by atoms with Crippen molar-refractivity contribution in [2.45, 2.75) is 43.0 Å². The summed E-state index contributed by atoms with van der Waals surface area (Å²) in [5.74, 6) is -1.96. The van der Waals surface area contributed by atoms with Crippen molar-refractivity contribution in [3.63, 3.8) is 0 Å². The lowest BCUT2D eigenvalue weighted by molar-refractivity contribution is -0.143. The number of benzene rings is 1. The van der Waals surface area contributed by atoms with E-state index in [1.165, 1.54) is 19.2 Å². The maximum Gasteiger partial charge on any atom is 0.322 e. The predicted molar refractivity (Wildman–Crippen MR) is 86.0 cm³/mol. The molecule has 1 saturated carbocycles. The summed E-state index contributed by atoms with van der Waals surface area (Å²) in [5, 5.41) is 9.12. The van der Waals surface area contributed by atoms with Gasteiger partial charge in [-0.05, 0) is 36.5 Å². The molecule has 1 aliphatic rings. The van der Waals surface area contributed by atoms with E-state index in [-0.39, 0.29) is 10.9 Å². The van der Waals surface area contributed by atoms with Crippen LogP contribution >= 0.6 is 0 Å². The highest BCUT2D eigenvalue weighted by Gasteiger charge is 2.52. The number of aliphatic carboxylic acids is 1. The minimum absolute atomic E-state index is 0.0428. The Morgan fingerprint density at radius 3 is 2.12 bits per heavy atom. The molecule has 0 radical (unpaired) electrons. The van der Waals surface area contributed by atoms with Gasteiger partial charge in [-0.2, -0.15) is 4.72 Å². The van der Waals surface area contributed by atoms with E-state index in [1.54, 1.807) is 26.0 Å². The summed E-state index contributed by atoms with van der Waals surface area (Å²) in [5.41, 5.74) is 0.0263. The van der Waals surface area contributed by atoms with Crippen LogP contribution in [-0.2, 0) is 29.8 Å². The van der Waals surface area contributed by atoms with Gasteiger partial charge in [0, 0.05) is 0 Å². The Morgan fingerprint density at radius 1 is 1.21 bits per heavy atom. The van der Waals surface area contributed by atoms with Crippen LogP contribution in [0.4, 0.5) is 0 Å². The molecular weight excluding hydrogens is 334 g/mol. The standard InChI is InChI=1S/C16H21NO6S/c1-10(2)13(14(18)19)17-24(21,22)12-6-4-11(5-7-12)16(8-9-16)15(20)23-3/h4-7,10,13,17H,8-9H2,1-3H3,(H,18,19). The monoisotopic (exact) mass is 355 g/mol. The lowest BCUT2D eigenvalue weighted by atomic mass is 9.96. The second kappa shape index (κ2) is 6.52. The number of hydrogen-bond acceptors (Lipinski definition) is 5. The molecule has 24 heavy (non-hydrogen) atoms. The lowest BCUT2D eigenvalue weighted by Crippen LogP contribution is -2.44. The Morgan fingerprint density at radius 2 is 1.75 bits per heavy atom. The average molecular weight is 355 g/mol. The summed E-state index contributed by atoms with van der Waals surface area (Å²) in [6.07, 6.45) is 1.33. The normalized spacial score (nSPS) is 17.3. The first-order valence-corrected chi connectivity index (χ1v) is 9.06. The maximum absolute atomic E-state index is 12.4. The van der Waals surface area contributed by atoms with Crippen molar-refractivity contribution in [3.05, 3.63) is 29.8 Å². The van der Waals surface area contributed by atoms with Crippen molar-refractivity contribution >= 4 is 22.0 Å². The van der Waals surface area contributed by atoms with Crippen LogP contribution in [-0.4, -0.2) is 38.6 Å². The zero-order valence-corrected chi connectivity index (χ0v) is 14.6. The Kier molecular flexibility index (Phi) is 5.00. The highest BCUT2D eigenvalue weighted by Crippen LogP contribution is 2.49. The summed E-state index contributed by atoms with van der Waals surface area (Å²) in [4.78, 5) is 23.0. The molecule has 2 rings (SSSR count). The van der Waals surface area contributed by atoms with Crippen LogP contribution in [0.1, 0.15) is 32.3 Å². The van der Waals surface area contributed by atoms with Gasteiger partial charge in [-0.25, -0.2) is 8.42 Å². The van der Waals surface area contributed by atoms with Crippen LogP contribution in [0, 0.1) is 5.92 Å². The molecule has 1 aromatic carbocycles. The van der Waals surface area contributed by atoms with Crippen LogP contribution in [0.25, 0.3) is 0 Å². The van der Waals surface area contributed by atoms with Crippen molar-refractivity contribution in [2.75, 3.05) is 7.11 Å². The second-order valence-electron chi connectivity index (χ2n) is 6.28. The topological polar surface area (TPSA) is 110 Å². The first-order chi connectivity index (χ1) is 11.1. The molecule has 1 fully saturated rings. The number of hydrogen-bond donors (Lipinski definition) is 2. The largest absolute Gasteiger partial charge is 0.480 e. The molecule has 1 aromatic rings. The third-order valence-corrected chi connectivity index (χ3v) is 5.72. The molecule has 7 nitrogen and oxygen atoms in total. The highest BCUT2D eigenvalue weighted by atomic mass is 32.2. The van der Waals surface area contributed by atoms with Gasteiger partial charge in [-0.15, -0.1) is 0 Å². The summed E-state index contributed by atoms with van der Waals surface area (Å²) in [7, 11) is -2.64. The van der Waals surface area contributed by atoms with Gasteiger partial charge in [-0.1, -0.05) is 26.0 Å². The third-order valence-electron chi connectivity index (χ3n) is 4.26. The van der Waals surface area contributed by atoms with E-state index in [0.29, 0.717) is 18.4 Å². The SMILES string of the molecule is COC(=O)C1(c2ccc(S(=O)(=O)NC(C(=O)O)C(C)C)cc2)CC1. The van der Waals surface area contributed by atoms with Crippen LogP contribution in [0.2, 0.25) is 0 Å².